The minimum absolute atomic E-state index is 0.319. The van der Waals surface area contributed by atoms with E-state index in [-0.39, 0.29) is 0 Å². The van der Waals surface area contributed by atoms with E-state index in [2.05, 4.69) is 0 Å². The number of nitrogens with zero attached hydrogens (tertiary/aromatic N) is 1. The molecule has 0 aliphatic rings. The maximum absolute atomic E-state index is 12.9. The van der Waals surface area contributed by atoms with E-state index in [9.17, 15) is 8.42 Å². The lowest BCUT2D eigenvalue weighted by Gasteiger charge is -2.20. The number of ether oxygens (including phenoxy) is 1. The summed E-state index contributed by atoms with van der Waals surface area (Å²) >= 11 is 0. The Labute approximate surface area is 138 Å². The van der Waals surface area contributed by atoms with Gasteiger partial charge >= 0.3 is 0 Å². The molecule has 0 aliphatic carbocycles. The van der Waals surface area contributed by atoms with Gasteiger partial charge in [0.05, 0.1) is 12.0 Å². The average molecular weight is 333 g/mol. The SMILES string of the molecule is COc1ccc(CN(C)S(=O)(=O)c2c(C)cc(C)cc2C)cc1. The first-order valence-corrected chi connectivity index (χ1v) is 8.87. The predicted octanol–water partition coefficient (Wildman–Crippen LogP) is 3.44. The summed E-state index contributed by atoms with van der Waals surface area (Å²) < 4.78 is 32.3. The van der Waals surface area contributed by atoms with Gasteiger partial charge in [-0.05, 0) is 49.6 Å². The van der Waals surface area contributed by atoms with E-state index in [1.54, 1.807) is 14.2 Å². The molecule has 5 heteroatoms. The average Bonchev–Trinajstić information content (AvgIpc) is 2.46. The molecule has 0 radical (unpaired) electrons. The van der Waals surface area contributed by atoms with Crippen molar-refractivity contribution in [2.75, 3.05) is 14.2 Å². The van der Waals surface area contributed by atoms with Gasteiger partial charge in [0.15, 0.2) is 0 Å². The van der Waals surface area contributed by atoms with E-state index in [0.29, 0.717) is 11.4 Å². The Morgan fingerprint density at radius 1 is 1.00 bits per heavy atom. The van der Waals surface area contributed by atoms with Crippen LogP contribution in [0.4, 0.5) is 0 Å². The standard InChI is InChI=1S/C18H23NO3S/c1-13-10-14(2)18(15(3)11-13)23(20,21)19(4)12-16-6-8-17(22-5)9-7-16/h6-11H,12H2,1-5H3. The van der Waals surface area contributed by atoms with Crippen molar-refractivity contribution in [1.82, 2.24) is 4.31 Å². The van der Waals surface area contributed by atoms with Gasteiger partial charge in [-0.25, -0.2) is 8.42 Å². The first-order chi connectivity index (χ1) is 10.8. The Morgan fingerprint density at radius 3 is 2.00 bits per heavy atom. The lowest BCUT2D eigenvalue weighted by molar-refractivity contribution is 0.414. The zero-order valence-corrected chi connectivity index (χ0v) is 15.1. The second kappa shape index (κ2) is 6.72. The number of benzene rings is 2. The quantitative estimate of drug-likeness (QED) is 0.842. The first kappa shape index (κ1) is 17.5. The van der Waals surface area contributed by atoms with Gasteiger partial charge in [0, 0.05) is 13.6 Å². The monoisotopic (exact) mass is 333 g/mol. The Hall–Kier alpha value is -1.85. The minimum atomic E-state index is -3.53. The summed E-state index contributed by atoms with van der Waals surface area (Å²) in [7, 11) is -0.314. The molecule has 2 rings (SSSR count). The normalized spacial score (nSPS) is 11.7. The van der Waals surface area contributed by atoms with Crippen LogP contribution in [0.5, 0.6) is 5.75 Å². The number of hydrogen-bond acceptors (Lipinski definition) is 3. The maximum atomic E-state index is 12.9. The fourth-order valence-electron chi connectivity index (χ4n) is 2.80. The molecule has 0 heterocycles. The first-order valence-electron chi connectivity index (χ1n) is 7.43. The van der Waals surface area contributed by atoms with Crippen molar-refractivity contribution >= 4 is 10.0 Å². The molecule has 124 valence electrons. The lowest BCUT2D eigenvalue weighted by Crippen LogP contribution is -2.27. The third-order valence-corrected chi connectivity index (χ3v) is 5.95. The van der Waals surface area contributed by atoms with Gasteiger partial charge in [0.1, 0.15) is 5.75 Å². The third-order valence-electron chi connectivity index (χ3n) is 3.84. The molecule has 0 aromatic heterocycles. The van der Waals surface area contributed by atoms with E-state index in [1.165, 1.54) is 4.31 Å². The molecule has 0 N–H and O–H groups in total. The molecule has 23 heavy (non-hydrogen) atoms. The van der Waals surface area contributed by atoms with Crippen LogP contribution >= 0.6 is 0 Å². The highest BCUT2D eigenvalue weighted by Gasteiger charge is 2.25. The molecule has 0 fully saturated rings. The summed E-state index contributed by atoms with van der Waals surface area (Å²) in [6.07, 6.45) is 0. The molecule has 2 aromatic rings. The fourth-order valence-corrected chi connectivity index (χ4v) is 4.36. The van der Waals surface area contributed by atoms with Crippen molar-refractivity contribution in [3.8, 4) is 5.75 Å². The van der Waals surface area contributed by atoms with Crippen LogP contribution in [0, 0.1) is 20.8 Å². The van der Waals surface area contributed by atoms with Gasteiger partial charge in [-0.2, -0.15) is 4.31 Å². The number of sulfonamides is 1. The summed E-state index contributed by atoms with van der Waals surface area (Å²) in [6, 6.07) is 11.2. The van der Waals surface area contributed by atoms with Crippen molar-refractivity contribution in [1.29, 1.82) is 0 Å². The van der Waals surface area contributed by atoms with E-state index in [1.807, 2.05) is 57.2 Å². The highest BCUT2D eigenvalue weighted by atomic mass is 32.2. The van der Waals surface area contributed by atoms with Crippen LogP contribution in [0.15, 0.2) is 41.3 Å². The molecule has 0 bridgehead atoms. The minimum Gasteiger partial charge on any atom is -0.497 e. The van der Waals surface area contributed by atoms with Crippen LogP contribution in [0.1, 0.15) is 22.3 Å². The molecule has 0 saturated carbocycles. The smallest absolute Gasteiger partial charge is 0.243 e. The number of hydrogen-bond donors (Lipinski definition) is 0. The lowest BCUT2D eigenvalue weighted by atomic mass is 10.1. The summed E-state index contributed by atoms with van der Waals surface area (Å²) in [4.78, 5) is 0.402. The van der Waals surface area contributed by atoms with E-state index < -0.39 is 10.0 Å². The Kier molecular flexibility index (Phi) is 5.12. The topological polar surface area (TPSA) is 46.6 Å². The van der Waals surface area contributed by atoms with E-state index >= 15 is 0 Å². The molecule has 0 atom stereocenters. The van der Waals surface area contributed by atoms with E-state index in [0.717, 1.165) is 28.0 Å². The van der Waals surface area contributed by atoms with Gasteiger partial charge in [-0.1, -0.05) is 29.8 Å². The van der Waals surface area contributed by atoms with Crippen LogP contribution in [0.3, 0.4) is 0 Å². The molecule has 0 amide bonds. The van der Waals surface area contributed by atoms with Gasteiger partial charge in [0.2, 0.25) is 10.0 Å². The number of rotatable bonds is 5. The van der Waals surface area contributed by atoms with Crippen molar-refractivity contribution in [2.24, 2.45) is 0 Å². The summed E-state index contributed by atoms with van der Waals surface area (Å²) in [5.41, 5.74) is 3.55. The largest absolute Gasteiger partial charge is 0.497 e. The maximum Gasteiger partial charge on any atom is 0.243 e. The Balaban J connectivity index is 2.31. The van der Waals surface area contributed by atoms with Crippen molar-refractivity contribution in [3.05, 3.63) is 58.7 Å². The van der Waals surface area contributed by atoms with Gasteiger partial charge in [-0.3, -0.25) is 0 Å². The van der Waals surface area contributed by atoms with Gasteiger partial charge in [-0.15, -0.1) is 0 Å². The van der Waals surface area contributed by atoms with Crippen LogP contribution in [-0.4, -0.2) is 26.9 Å². The van der Waals surface area contributed by atoms with Gasteiger partial charge in [0.25, 0.3) is 0 Å². The Bertz CT molecular complexity index is 773. The second-order valence-corrected chi connectivity index (χ2v) is 7.82. The summed E-state index contributed by atoms with van der Waals surface area (Å²) in [5, 5.41) is 0. The van der Waals surface area contributed by atoms with Crippen LogP contribution in [0.25, 0.3) is 0 Å². The highest BCUT2D eigenvalue weighted by molar-refractivity contribution is 7.89. The molecule has 0 spiro atoms. The summed E-state index contributed by atoms with van der Waals surface area (Å²) in [6.45, 7) is 5.97. The highest BCUT2D eigenvalue weighted by Crippen LogP contribution is 2.25. The third kappa shape index (κ3) is 3.74. The van der Waals surface area contributed by atoms with Crippen LogP contribution < -0.4 is 4.74 Å². The van der Waals surface area contributed by atoms with E-state index in [4.69, 9.17) is 4.74 Å². The zero-order chi connectivity index (χ0) is 17.2. The fraction of sp³-hybridized carbons (Fsp3) is 0.333. The molecular weight excluding hydrogens is 310 g/mol. The van der Waals surface area contributed by atoms with Gasteiger partial charge < -0.3 is 4.74 Å². The van der Waals surface area contributed by atoms with Crippen molar-refractivity contribution in [3.63, 3.8) is 0 Å². The molecule has 4 nitrogen and oxygen atoms in total. The second-order valence-electron chi connectivity index (χ2n) is 5.84. The zero-order valence-electron chi connectivity index (χ0n) is 14.3. The molecule has 0 aliphatic heterocycles. The number of aryl methyl sites for hydroxylation is 3. The molecule has 2 aromatic carbocycles. The predicted molar refractivity (Wildman–Crippen MR) is 92.3 cm³/mol. The Morgan fingerprint density at radius 2 is 1.52 bits per heavy atom. The molecule has 0 saturated heterocycles. The molecular formula is C18H23NO3S. The van der Waals surface area contributed by atoms with Crippen molar-refractivity contribution in [2.45, 2.75) is 32.2 Å². The van der Waals surface area contributed by atoms with Crippen molar-refractivity contribution < 1.29 is 13.2 Å². The van der Waals surface area contributed by atoms with Crippen LogP contribution in [-0.2, 0) is 16.6 Å². The number of methoxy groups -OCH3 is 1. The van der Waals surface area contributed by atoms with Crippen LogP contribution in [0.2, 0.25) is 0 Å². The molecule has 0 unspecified atom stereocenters. The summed E-state index contributed by atoms with van der Waals surface area (Å²) in [5.74, 6) is 0.754.